The number of nitro groups is 1. The van der Waals surface area contributed by atoms with Crippen LogP contribution in [-0.4, -0.2) is 11.2 Å². The van der Waals surface area contributed by atoms with Crippen molar-refractivity contribution < 1.29 is 9.72 Å². The van der Waals surface area contributed by atoms with E-state index in [0.29, 0.717) is 32.1 Å². The molecule has 0 saturated carbocycles. The number of rotatable bonds is 14. The summed E-state index contributed by atoms with van der Waals surface area (Å²) in [5, 5.41) is 10.9. The van der Waals surface area contributed by atoms with Crippen LogP contribution in [0.2, 0.25) is 0 Å². The van der Waals surface area contributed by atoms with Gasteiger partial charge in [-0.3, -0.25) is 14.9 Å². The lowest BCUT2D eigenvalue weighted by atomic mass is 10.1. The van der Waals surface area contributed by atoms with Crippen molar-refractivity contribution in [2.45, 2.75) is 71.1 Å². The first kappa shape index (κ1) is 20.3. The van der Waals surface area contributed by atoms with Crippen molar-refractivity contribution in [1.29, 1.82) is 0 Å². The van der Waals surface area contributed by atoms with Crippen LogP contribution < -0.4 is 0 Å². The van der Waals surface area contributed by atoms with Gasteiger partial charge in [-0.05, 0) is 44.6 Å². The monoisotopic (exact) mass is 306 g/mol. The van der Waals surface area contributed by atoms with Crippen molar-refractivity contribution in [2.24, 2.45) is 0 Å². The van der Waals surface area contributed by atoms with E-state index >= 15 is 0 Å². The van der Waals surface area contributed by atoms with E-state index in [-0.39, 0.29) is 10.6 Å². The molecule has 0 heterocycles. The fourth-order valence-corrected chi connectivity index (χ4v) is 1.97. The zero-order valence-electron chi connectivity index (χ0n) is 13.6. The van der Waals surface area contributed by atoms with Crippen molar-refractivity contribution in [3.8, 4) is 0 Å². The van der Waals surface area contributed by atoms with Crippen LogP contribution in [0.4, 0.5) is 0 Å². The lowest BCUT2D eigenvalue weighted by molar-refractivity contribution is -0.428. The van der Waals surface area contributed by atoms with Gasteiger partial charge in [-0.25, -0.2) is 0 Å². The SMILES string of the molecule is CCCCC/C=C\C/C=C\C/C=C(\CCCC[C]=O)[N+](=O)[O-]. The summed E-state index contributed by atoms with van der Waals surface area (Å²) in [7, 11) is 0. The molecule has 0 N–H and O–H groups in total. The van der Waals surface area contributed by atoms with E-state index in [1.807, 2.05) is 12.2 Å². The van der Waals surface area contributed by atoms with Crippen LogP contribution in [0.3, 0.4) is 0 Å². The Balaban J connectivity index is 3.90. The summed E-state index contributed by atoms with van der Waals surface area (Å²) in [6.45, 7) is 2.19. The van der Waals surface area contributed by atoms with Crippen LogP contribution in [0.15, 0.2) is 36.1 Å². The summed E-state index contributed by atoms with van der Waals surface area (Å²) in [6.07, 6.45) is 20.2. The van der Waals surface area contributed by atoms with E-state index in [9.17, 15) is 14.9 Å². The van der Waals surface area contributed by atoms with E-state index in [2.05, 4.69) is 19.1 Å². The molecule has 4 heteroatoms. The van der Waals surface area contributed by atoms with Gasteiger partial charge in [0.15, 0.2) is 6.29 Å². The van der Waals surface area contributed by atoms with E-state index in [0.717, 1.165) is 12.8 Å². The summed E-state index contributed by atoms with van der Waals surface area (Å²) in [6, 6.07) is 0. The highest BCUT2D eigenvalue weighted by atomic mass is 16.6. The predicted octanol–water partition coefficient (Wildman–Crippen LogP) is 5.29. The van der Waals surface area contributed by atoms with Crippen LogP contribution in [0.1, 0.15) is 71.1 Å². The number of nitrogens with zero attached hydrogens (tertiary/aromatic N) is 1. The highest BCUT2D eigenvalue weighted by Gasteiger charge is 2.08. The van der Waals surface area contributed by atoms with E-state index < -0.39 is 0 Å². The smallest absolute Gasteiger partial charge is 0.242 e. The number of allylic oxidation sites excluding steroid dienone is 6. The minimum atomic E-state index is -0.327. The maximum Gasteiger partial charge on any atom is 0.242 e. The van der Waals surface area contributed by atoms with Gasteiger partial charge in [0, 0.05) is 12.8 Å². The summed E-state index contributed by atoms with van der Waals surface area (Å²) in [5.74, 6) is 0. The molecule has 0 spiro atoms. The maximum atomic E-state index is 10.9. The van der Waals surface area contributed by atoms with Gasteiger partial charge < -0.3 is 0 Å². The van der Waals surface area contributed by atoms with Gasteiger partial charge in [0.25, 0.3) is 0 Å². The quantitative estimate of drug-likeness (QED) is 0.189. The van der Waals surface area contributed by atoms with Crippen LogP contribution in [0.25, 0.3) is 0 Å². The molecule has 1 radical (unpaired) electrons. The molecule has 123 valence electrons. The maximum absolute atomic E-state index is 10.9. The van der Waals surface area contributed by atoms with Crippen molar-refractivity contribution in [2.75, 3.05) is 0 Å². The molecule has 0 bridgehead atoms. The van der Waals surface area contributed by atoms with Gasteiger partial charge >= 0.3 is 0 Å². The third-order valence-corrected chi connectivity index (χ3v) is 3.27. The van der Waals surface area contributed by atoms with Crippen LogP contribution in [0, 0.1) is 10.1 Å². The van der Waals surface area contributed by atoms with Crippen LogP contribution in [0.5, 0.6) is 0 Å². The lowest BCUT2D eigenvalue weighted by Crippen LogP contribution is -1.98. The molecule has 0 rings (SSSR count). The molecule has 0 saturated heterocycles. The van der Waals surface area contributed by atoms with Gasteiger partial charge in [0.2, 0.25) is 5.70 Å². The third kappa shape index (κ3) is 13.3. The fourth-order valence-electron chi connectivity index (χ4n) is 1.97. The first-order valence-corrected chi connectivity index (χ1v) is 8.20. The summed E-state index contributed by atoms with van der Waals surface area (Å²) in [5.41, 5.74) is 0.241. The molecule has 0 amide bonds. The second kappa shape index (κ2) is 15.7. The van der Waals surface area contributed by atoms with E-state index in [1.165, 1.54) is 19.3 Å². The topological polar surface area (TPSA) is 60.2 Å². The van der Waals surface area contributed by atoms with Gasteiger partial charge in [-0.15, -0.1) is 0 Å². The Labute approximate surface area is 134 Å². The molecule has 0 aliphatic rings. The zero-order valence-corrected chi connectivity index (χ0v) is 13.6. The first-order valence-electron chi connectivity index (χ1n) is 8.20. The number of unbranched alkanes of at least 4 members (excludes halogenated alkanes) is 5. The second-order valence-corrected chi connectivity index (χ2v) is 5.21. The van der Waals surface area contributed by atoms with Crippen molar-refractivity contribution in [3.05, 3.63) is 46.2 Å². The van der Waals surface area contributed by atoms with Crippen molar-refractivity contribution >= 4 is 6.29 Å². The van der Waals surface area contributed by atoms with E-state index in [4.69, 9.17) is 0 Å². The van der Waals surface area contributed by atoms with Gasteiger partial charge in [0.1, 0.15) is 0 Å². The normalized spacial score (nSPS) is 12.3. The predicted molar refractivity (Wildman–Crippen MR) is 90.9 cm³/mol. The summed E-state index contributed by atoms with van der Waals surface area (Å²) >= 11 is 0. The molecule has 0 aromatic heterocycles. The molecule has 0 aromatic rings. The van der Waals surface area contributed by atoms with Gasteiger partial charge in [-0.1, -0.05) is 44.1 Å². The molecular weight excluding hydrogens is 278 g/mol. The number of hydrogen-bond donors (Lipinski definition) is 0. The van der Waals surface area contributed by atoms with Crippen molar-refractivity contribution in [1.82, 2.24) is 0 Å². The molecule has 0 unspecified atom stereocenters. The molecular formula is C18H28NO3. The second-order valence-electron chi connectivity index (χ2n) is 5.21. The van der Waals surface area contributed by atoms with Crippen molar-refractivity contribution in [3.63, 3.8) is 0 Å². The Bertz CT molecular complexity index is 384. The highest BCUT2D eigenvalue weighted by Crippen LogP contribution is 2.10. The standard InChI is InChI=1S/C18H28NO3/c1-2-3-4-5-6-7-8-9-10-12-15-18(19(21)22)16-13-11-14-17-20/h6-7,9-10,15H,2-5,8,11-14,16H2,1H3/b7-6-,10-9-,18-15+. The molecule has 0 aromatic carbocycles. The molecule has 0 aliphatic carbocycles. The number of carbonyl (C=O) groups excluding carboxylic acids is 1. The largest absolute Gasteiger partial charge is 0.291 e. The average Bonchev–Trinajstić information content (AvgIpc) is 2.50. The minimum absolute atomic E-state index is 0.241. The summed E-state index contributed by atoms with van der Waals surface area (Å²) < 4.78 is 0. The third-order valence-electron chi connectivity index (χ3n) is 3.27. The Morgan fingerprint density at radius 1 is 1.05 bits per heavy atom. The van der Waals surface area contributed by atoms with Crippen LogP contribution in [-0.2, 0) is 4.79 Å². The summed E-state index contributed by atoms with van der Waals surface area (Å²) in [4.78, 5) is 20.6. The zero-order chi connectivity index (χ0) is 16.5. The van der Waals surface area contributed by atoms with Crippen LogP contribution >= 0.6 is 0 Å². The Hall–Kier alpha value is -1.71. The first-order chi connectivity index (χ1) is 10.7. The minimum Gasteiger partial charge on any atom is -0.291 e. The highest BCUT2D eigenvalue weighted by molar-refractivity contribution is 5.50. The fraction of sp³-hybridized carbons (Fsp3) is 0.611. The number of hydrogen-bond acceptors (Lipinski definition) is 3. The van der Waals surface area contributed by atoms with Gasteiger partial charge in [-0.2, -0.15) is 0 Å². The Morgan fingerprint density at radius 2 is 1.77 bits per heavy atom. The molecule has 0 aliphatic heterocycles. The molecule has 4 nitrogen and oxygen atoms in total. The molecule has 0 fully saturated rings. The van der Waals surface area contributed by atoms with E-state index in [1.54, 1.807) is 12.4 Å². The lowest BCUT2D eigenvalue weighted by Gasteiger charge is -1.97. The molecule has 0 atom stereocenters. The Morgan fingerprint density at radius 3 is 2.45 bits per heavy atom. The van der Waals surface area contributed by atoms with Gasteiger partial charge in [0.05, 0.1) is 4.92 Å². The Kier molecular flexibility index (Phi) is 14.5. The molecule has 22 heavy (non-hydrogen) atoms. The average molecular weight is 306 g/mol.